The van der Waals surface area contributed by atoms with E-state index in [4.69, 9.17) is 4.43 Å². The SMILES string of the molecule is CC(C)[Si](Oc1ccc([N+](=O)[O-])cc1)(C(C)C)C(C)C. The van der Waals surface area contributed by atoms with Gasteiger partial charge in [0.1, 0.15) is 5.75 Å². The summed E-state index contributed by atoms with van der Waals surface area (Å²) in [5, 5.41) is 10.7. The van der Waals surface area contributed by atoms with Gasteiger partial charge in [-0.05, 0) is 28.8 Å². The van der Waals surface area contributed by atoms with Crippen LogP contribution in [0.4, 0.5) is 5.69 Å². The Kier molecular flexibility index (Phi) is 5.33. The van der Waals surface area contributed by atoms with Gasteiger partial charge in [-0.2, -0.15) is 0 Å². The molecule has 0 radical (unpaired) electrons. The first kappa shape index (κ1) is 16.7. The van der Waals surface area contributed by atoms with Crippen molar-refractivity contribution in [2.45, 2.75) is 58.2 Å². The molecule has 0 aliphatic rings. The Morgan fingerprint density at radius 2 is 1.35 bits per heavy atom. The van der Waals surface area contributed by atoms with E-state index in [9.17, 15) is 10.1 Å². The summed E-state index contributed by atoms with van der Waals surface area (Å²) >= 11 is 0. The van der Waals surface area contributed by atoms with Gasteiger partial charge in [0.05, 0.1) is 4.92 Å². The number of nitrogens with zero attached hydrogens (tertiary/aromatic N) is 1. The van der Waals surface area contributed by atoms with Crippen molar-refractivity contribution in [1.82, 2.24) is 0 Å². The third kappa shape index (κ3) is 3.20. The van der Waals surface area contributed by atoms with Crippen LogP contribution in [0.2, 0.25) is 16.6 Å². The molecule has 0 N–H and O–H groups in total. The molecular formula is C15H25NO3Si. The van der Waals surface area contributed by atoms with Gasteiger partial charge in [-0.15, -0.1) is 0 Å². The molecule has 20 heavy (non-hydrogen) atoms. The van der Waals surface area contributed by atoms with Gasteiger partial charge in [-0.25, -0.2) is 0 Å². The van der Waals surface area contributed by atoms with E-state index in [1.54, 1.807) is 12.1 Å². The molecular weight excluding hydrogens is 270 g/mol. The van der Waals surface area contributed by atoms with Crippen molar-refractivity contribution in [3.8, 4) is 5.75 Å². The Hall–Kier alpha value is -1.36. The first-order valence-corrected chi connectivity index (χ1v) is 9.29. The molecule has 0 bridgehead atoms. The highest BCUT2D eigenvalue weighted by molar-refractivity contribution is 6.78. The Balaban J connectivity index is 3.10. The number of benzene rings is 1. The normalized spacial score (nSPS) is 12.2. The molecule has 4 nitrogen and oxygen atoms in total. The second-order valence-corrected chi connectivity index (χ2v) is 11.5. The minimum atomic E-state index is -1.98. The maximum Gasteiger partial charge on any atom is 0.269 e. The second kappa shape index (κ2) is 6.39. The molecule has 112 valence electrons. The smallest absolute Gasteiger partial charge is 0.269 e. The number of hydrogen-bond acceptors (Lipinski definition) is 3. The van der Waals surface area contributed by atoms with Crippen LogP contribution in [0.5, 0.6) is 5.75 Å². The summed E-state index contributed by atoms with van der Waals surface area (Å²) in [7, 11) is -1.98. The summed E-state index contributed by atoms with van der Waals surface area (Å²) in [4.78, 5) is 10.3. The lowest BCUT2D eigenvalue weighted by Gasteiger charge is -2.42. The number of nitro groups is 1. The standard InChI is InChI=1S/C15H25NO3Si/c1-11(2)20(12(3)4,13(5)6)19-15-9-7-14(8-10-15)16(17)18/h7-13H,1-6H3. The highest BCUT2D eigenvalue weighted by Crippen LogP contribution is 2.42. The number of non-ortho nitro benzene ring substituents is 1. The highest BCUT2D eigenvalue weighted by atomic mass is 28.4. The van der Waals surface area contributed by atoms with E-state index < -0.39 is 8.32 Å². The molecule has 0 saturated heterocycles. The fraction of sp³-hybridized carbons (Fsp3) is 0.600. The predicted octanol–water partition coefficient (Wildman–Crippen LogP) is 5.15. The summed E-state index contributed by atoms with van der Waals surface area (Å²) in [5.74, 6) is 0.748. The largest absolute Gasteiger partial charge is 0.543 e. The first-order chi connectivity index (χ1) is 9.21. The van der Waals surface area contributed by atoms with Crippen LogP contribution >= 0.6 is 0 Å². The van der Waals surface area contributed by atoms with Gasteiger partial charge in [-0.3, -0.25) is 10.1 Å². The first-order valence-electron chi connectivity index (χ1n) is 7.15. The zero-order valence-corrected chi connectivity index (χ0v) is 14.2. The number of rotatable bonds is 6. The molecule has 0 atom stereocenters. The van der Waals surface area contributed by atoms with Crippen LogP contribution < -0.4 is 4.43 Å². The maximum atomic E-state index is 10.7. The van der Waals surface area contributed by atoms with Crippen molar-refractivity contribution in [2.75, 3.05) is 0 Å². The maximum absolute atomic E-state index is 10.7. The molecule has 1 aromatic rings. The summed E-state index contributed by atoms with van der Waals surface area (Å²) in [5.41, 5.74) is 1.55. The third-order valence-corrected chi connectivity index (χ3v) is 10.1. The molecule has 0 aliphatic carbocycles. The Bertz CT molecular complexity index is 433. The minimum absolute atomic E-state index is 0.100. The fourth-order valence-corrected chi connectivity index (χ4v) is 8.45. The number of nitro benzene ring substituents is 1. The van der Waals surface area contributed by atoms with Gasteiger partial charge in [0.2, 0.25) is 0 Å². The minimum Gasteiger partial charge on any atom is -0.543 e. The van der Waals surface area contributed by atoms with E-state index in [1.165, 1.54) is 12.1 Å². The van der Waals surface area contributed by atoms with Crippen molar-refractivity contribution in [3.05, 3.63) is 34.4 Å². The van der Waals surface area contributed by atoms with Crippen molar-refractivity contribution >= 4 is 14.0 Å². The summed E-state index contributed by atoms with van der Waals surface area (Å²) in [6.07, 6.45) is 0. The average molecular weight is 295 g/mol. The lowest BCUT2D eigenvalue weighted by molar-refractivity contribution is -0.384. The molecule has 0 saturated carbocycles. The molecule has 0 aliphatic heterocycles. The summed E-state index contributed by atoms with van der Waals surface area (Å²) in [6, 6.07) is 6.45. The molecule has 0 spiro atoms. The second-order valence-electron chi connectivity index (χ2n) is 6.17. The molecule has 0 amide bonds. The number of hydrogen-bond donors (Lipinski definition) is 0. The van der Waals surface area contributed by atoms with Crippen molar-refractivity contribution in [3.63, 3.8) is 0 Å². The topological polar surface area (TPSA) is 52.4 Å². The Morgan fingerprint density at radius 3 is 1.65 bits per heavy atom. The summed E-state index contributed by atoms with van der Waals surface area (Å²) in [6.45, 7) is 13.3. The van der Waals surface area contributed by atoms with E-state index in [1.807, 2.05) is 0 Å². The third-order valence-electron chi connectivity index (χ3n) is 4.05. The molecule has 1 rings (SSSR count). The van der Waals surface area contributed by atoms with Gasteiger partial charge in [0.25, 0.3) is 14.0 Å². The van der Waals surface area contributed by atoms with Gasteiger partial charge in [0.15, 0.2) is 0 Å². The van der Waals surface area contributed by atoms with Crippen molar-refractivity contribution in [2.24, 2.45) is 0 Å². The molecule has 1 aromatic carbocycles. The quantitative estimate of drug-likeness (QED) is 0.414. The van der Waals surface area contributed by atoms with E-state index >= 15 is 0 Å². The van der Waals surface area contributed by atoms with E-state index in [-0.39, 0.29) is 10.6 Å². The van der Waals surface area contributed by atoms with Crippen LogP contribution in [0, 0.1) is 10.1 Å². The van der Waals surface area contributed by atoms with Crippen LogP contribution in [0.3, 0.4) is 0 Å². The van der Waals surface area contributed by atoms with Gasteiger partial charge in [-0.1, -0.05) is 41.5 Å². The average Bonchev–Trinajstić information content (AvgIpc) is 2.35. The van der Waals surface area contributed by atoms with Crippen LogP contribution in [-0.2, 0) is 0 Å². The zero-order chi connectivity index (χ0) is 15.5. The lowest BCUT2D eigenvalue weighted by Crippen LogP contribution is -2.50. The van der Waals surface area contributed by atoms with Gasteiger partial charge < -0.3 is 4.43 Å². The lowest BCUT2D eigenvalue weighted by atomic mass is 10.3. The Labute approximate surface area is 122 Å². The van der Waals surface area contributed by atoms with Crippen molar-refractivity contribution < 1.29 is 9.35 Å². The highest BCUT2D eigenvalue weighted by Gasteiger charge is 2.46. The van der Waals surface area contributed by atoms with Crippen LogP contribution in [0.15, 0.2) is 24.3 Å². The predicted molar refractivity (Wildman–Crippen MR) is 84.8 cm³/mol. The fourth-order valence-electron chi connectivity index (χ4n) is 3.19. The molecule has 5 heteroatoms. The molecule has 0 fully saturated rings. The monoisotopic (exact) mass is 295 g/mol. The molecule has 0 aromatic heterocycles. The van der Waals surface area contributed by atoms with Gasteiger partial charge in [0, 0.05) is 12.1 Å². The Morgan fingerprint density at radius 1 is 0.950 bits per heavy atom. The van der Waals surface area contributed by atoms with Crippen LogP contribution in [0.1, 0.15) is 41.5 Å². The van der Waals surface area contributed by atoms with Crippen molar-refractivity contribution in [1.29, 1.82) is 0 Å². The zero-order valence-electron chi connectivity index (χ0n) is 13.2. The van der Waals surface area contributed by atoms with E-state index in [0.29, 0.717) is 16.6 Å². The van der Waals surface area contributed by atoms with Crippen LogP contribution in [-0.4, -0.2) is 13.2 Å². The van der Waals surface area contributed by atoms with Crippen LogP contribution in [0.25, 0.3) is 0 Å². The van der Waals surface area contributed by atoms with Gasteiger partial charge >= 0.3 is 0 Å². The van der Waals surface area contributed by atoms with E-state index in [0.717, 1.165) is 5.75 Å². The summed E-state index contributed by atoms with van der Waals surface area (Å²) < 4.78 is 6.44. The molecule has 0 heterocycles. The van der Waals surface area contributed by atoms with E-state index in [2.05, 4.69) is 41.5 Å². The molecule has 0 unspecified atom stereocenters.